The van der Waals surface area contributed by atoms with Crippen molar-refractivity contribution in [2.75, 3.05) is 36.0 Å². The molecule has 1 aliphatic rings. The molecule has 42 heavy (non-hydrogen) atoms. The standard InChI is InChI=1S/C31H34N6O4S/c38-30(39)22-29(34-42(40,41)28-10-5-2-6-11-28)37(23-25-8-3-1-4-9-25)24-26-12-14-27(15-13-26)35-18-20-36(21-19-35)31-32-16-7-17-33-31/h1-17,29,34H,18-24H2,(H,38,39). The van der Waals surface area contributed by atoms with Crippen LogP contribution in [0.2, 0.25) is 0 Å². The topological polar surface area (TPSA) is 119 Å². The largest absolute Gasteiger partial charge is 0.481 e. The summed E-state index contributed by atoms with van der Waals surface area (Å²) in [6.45, 7) is 4.01. The maximum Gasteiger partial charge on any atom is 0.306 e. The van der Waals surface area contributed by atoms with Gasteiger partial charge in [-0.3, -0.25) is 9.69 Å². The third-order valence-electron chi connectivity index (χ3n) is 7.18. The number of carbonyl (C=O) groups is 1. The second kappa shape index (κ2) is 13.6. The van der Waals surface area contributed by atoms with E-state index in [9.17, 15) is 18.3 Å². The Kier molecular flexibility index (Phi) is 9.42. The minimum absolute atomic E-state index is 0.0864. The molecule has 5 rings (SSSR count). The zero-order valence-electron chi connectivity index (χ0n) is 23.2. The molecule has 1 atom stereocenters. The number of hydrogen-bond donors (Lipinski definition) is 2. The molecule has 1 fully saturated rings. The molecule has 0 spiro atoms. The molecule has 2 heterocycles. The van der Waals surface area contributed by atoms with Gasteiger partial charge in [-0.25, -0.2) is 18.4 Å². The fraction of sp³-hybridized carbons (Fsp3) is 0.258. The number of nitrogens with zero attached hydrogens (tertiary/aromatic N) is 5. The highest BCUT2D eigenvalue weighted by Crippen LogP contribution is 2.22. The van der Waals surface area contributed by atoms with Crippen LogP contribution in [0, 0.1) is 0 Å². The predicted molar refractivity (Wildman–Crippen MR) is 161 cm³/mol. The quantitative estimate of drug-likeness (QED) is 0.240. The van der Waals surface area contributed by atoms with Crippen LogP contribution in [0.25, 0.3) is 0 Å². The van der Waals surface area contributed by atoms with E-state index < -0.39 is 28.6 Å². The Morgan fingerprint density at radius 1 is 0.786 bits per heavy atom. The molecule has 10 nitrogen and oxygen atoms in total. The summed E-state index contributed by atoms with van der Waals surface area (Å²) in [5.74, 6) is -0.353. The molecule has 0 amide bonds. The highest BCUT2D eigenvalue weighted by Gasteiger charge is 2.28. The van der Waals surface area contributed by atoms with E-state index in [-0.39, 0.29) is 4.90 Å². The van der Waals surface area contributed by atoms with Crippen molar-refractivity contribution < 1.29 is 18.3 Å². The van der Waals surface area contributed by atoms with Gasteiger partial charge >= 0.3 is 5.97 Å². The van der Waals surface area contributed by atoms with Gasteiger partial charge in [0, 0.05) is 57.3 Å². The van der Waals surface area contributed by atoms with Crippen LogP contribution in [0.5, 0.6) is 0 Å². The molecule has 1 aromatic heterocycles. The van der Waals surface area contributed by atoms with Crippen molar-refractivity contribution in [2.24, 2.45) is 0 Å². The molecule has 218 valence electrons. The van der Waals surface area contributed by atoms with Crippen LogP contribution in [0.4, 0.5) is 11.6 Å². The van der Waals surface area contributed by atoms with E-state index in [4.69, 9.17) is 0 Å². The van der Waals surface area contributed by atoms with E-state index in [0.29, 0.717) is 13.1 Å². The number of aromatic nitrogens is 2. The Balaban J connectivity index is 1.32. The molecule has 2 N–H and O–H groups in total. The molecular formula is C31H34N6O4S. The minimum Gasteiger partial charge on any atom is -0.481 e. The van der Waals surface area contributed by atoms with Gasteiger partial charge in [0.25, 0.3) is 0 Å². The summed E-state index contributed by atoms with van der Waals surface area (Å²) in [6.07, 6.45) is 2.14. The maximum absolute atomic E-state index is 13.2. The fourth-order valence-electron chi connectivity index (χ4n) is 5.02. The van der Waals surface area contributed by atoms with Gasteiger partial charge in [0.2, 0.25) is 16.0 Å². The first-order valence-electron chi connectivity index (χ1n) is 13.8. The SMILES string of the molecule is O=C(O)CC(NS(=O)(=O)c1ccccc1)N(Cc1ccccc1)Cc1ccc(N2CCN(c3ncccn3)CC2)cc1. The van der Waals surface area contributed by atoms with Crippen molar-refractivity contribution in [3.63, 3.8) is 0 Å². The van der Waals surface area contributed by atoms with Crippen molar-refractivity contribution in [3.05, 3.63) is 115 Å². The molecule has 0 aliphatic carbocycles. The van der Waals surface area contributed by atoms with Gasteiger partial charge in [-0.2, -0.15) is 4.72 Å². The van der Waals surface area contributed by atoms with E-state index in [1.165, 1.54) is 12.1 Å². The molecule has 1 aliphatic heterocycles. The zero-order chi connectivity index (χ0) is 29.4. The highest BCUT2D eigenvalue weighted by atomic mass is 32.2. The average molecular weight is 587 g/mol. The summed E-state index contributed by atoms with van der Waals surface area (Å²) in [7, 11) is -3.96. The lowest BCUT2D eigenvalue weighted by molar-refractivity contribution is -0.138. The Morgan fingerprint density at radius 2 is 1.33 bits per heavy atom. The summed E-state index contributed by atoms with van der Waals surface area (Å²) in [6, 6.07) is 27.6. The van der Waals surface area contributed by atoms with E-state index in [1.807, 2.05) is 53.4 Å². The van der Waals surface area contributed by atoms with Crippen molar-refractivity contribution in [1.82, 2.24) is 19.6 Å². The van der Waals surface area contributed by atoms with Crippen molar-refractivity contribution in [2.45, 2.75) is 30.6 Å². The lowest BCUT2D eigenvalue weighted by Gasteiger charge is -2.36. The van der Waals surface area contributed by atoms with E-state index >= 15 is 0 Å². The van der Waals surface area contributed by atoms with E-state index in [1.54, 1.807) is 30.6 Å². The first-order chi connectivity index (χ1) is 20.4. The summed E-state index contributed by atoms with van der Waals surface area (Å²) >= 11 is 0. The lowest BCUT2D eigenvalue weighted by atomic mass is 10.1. The Labute approximate surface area is 246 Å². The number of piperazine rings is 1. The monoisotopic (exact) mass is 586 g/mol. The third kappa shape index (κ3) is 7.69. The van der Waals surface area contributed by atoms with Gasteiger partial charge in [0.15, 0.2) is 0 Å². The number of anilines is 2. The summed E-state index contributed by atoms with van der Waals surface area (Å²) in [4.78, 5) is 27.0. The van der Waals surface area contributed by atoms with Gasteiger partial charge < -0.3 is 14.9 Å². The zero-order valence-corrected chi connectivity index (χ0v) is 24.0. The van der Waals surface area contributed by atoms with Crippen LogP contribution in [0.15, 0.2) is 108 Å². The van der Waals surface area contributed by atoms with Crippen molar-refractivity contribution >= 4 is 27.6 Å². The summed E-state index contributed by atoms with van der Waals surface area (Å²) < 4.78 is 29.1. The number of carboxylic acid groups (broad SMARTS) is 1. The molecule has 3 aromatic carbocycles. The maximum atomic E-state index is 13.2. The molecule has 0 radical (unpaired) electrons. The van der Waals surface area contributed by atoms with E-state index in [2.05, 4.69) is 36.6 Å². The van der Waals surface area contributed by atoms with Gasteiger partial charge in [0.1, 0.15) is 0 Å². The molecule has 4 aromatic rings. The van der Waals surface area contributed by atoms with Crippen LogP contribution in [0.1, 0.15) is 17.5 Å². The first kappa shape index (κ1) is 29.2. The smallest absolute Gasteiger partial charge is 0.306 e. The van der Waals surface area contributed by atoms with Gasteiger partial charge in [-0.1, -0.05) is 60.7 Å². The predicted octanol–water partition coefficient (Wildman–Crippen LogP) is 3.58. The Bertz CT molecular complexity index is 1530. The molecular weight excluding hydrogens is 552 g/mol. The van der Waals surface area contributed by atoms with Crippen LogP contribution in [0.3, 0.4) is 0 Å². The van der Waals surface area contributed by atoms with Crippen LogP contribution >= 0.6 is 0 Å². The third-order valence-corrected chi connectivity index (χ3v) is 8.66. The second-order valence-corrected chi connectivity index (χ2v) is 11.8. The van der Waals surface area contributed by atoms with Gasteiger partial charge in [-0.05, 0) is 41.5 Å². The molecule has 0 saturated carbocycles. The number of benzene rings is 3. The van der Waals surface area contributed by atoms with Crippen LogP contribution < -0.4 is 14.5 Å². The number of nitrogens with one attached hydrogen (secondary N) is 1. The van der Waals surface area contributed by atoms with Crippen molar-refractivity contribution in [1.29, 1.82) is 0 Å². The van der Waals surface area contributed by atoms with E-state index in [0.717, 1.165) is 48.9 Å². The lowest BCUT2D eigenvalue weighted by Crippen LogP contribution is -2.48. The number of hydrogen-bond acceptors (Lipinski definition) is 8. The Hall–Kier alpha value is -4.32. The first-order valence-corrected chi connectivity index (χ1v) is 15.3. The van der Waals surface area contributed by atoms with Gasteiger partial charge in [-0.15, -0.1) is 0 Å². The number of sulfonamides is 1. The van der Waals surface area contributed by atoms with Gasteiger partial charge in [0.05, 0.1) is 17.5 Å². The highest BCUT2D eigenvalue weighted by molar-refractivity contribution is 7.89. The van der Waals surface area contributed by atoms with Crippen molar-refractivity contribution in [3.8, 4) is 0 Å². The summed E-state index contributed by atoms with van der Waals surface area (Å²) in [5.41, 5.74) is 2.98. The summed E-state index contributed by atoms with van der Waals surface area (Å²) in [5, 5.41) is 9.73. The minimum atomic E-state index is -3.96. The number of rotatable bonds is 12. The Morgan fingerprint density at radius 3 is 1.93 bits per heavy atom. The molecule has 1 saturated heterocycles. The molecule has 0 bridgehead atoms. The fourth-order valence-corrected chi connectivity index (χ4v) is 6.26. The molecule has 11 heteroatoms. The number of aliphatic carboxylic acids is 1. The normalized spacial score (nSPS) is 14.6. The second-order valence-electron chi connectivity index (χ2n) is 10.1. The average Bonchev–Trinajstić information content (AvgIpc) is 3.02. The van der Waals surface area contributed by atoms with Crippen LogP contribution in [-0.4, -0.2) is 66.7 Å². The van der Waals surface area contributed by atoms with Crippen LogP contribution in [-0.2, 0) is 27.9 Å². The number of carboxylic acids is 1. The molecule has 1 unspecified atom stereocenters.